The maximum absolute atomic E-state index is 8.76. The Morgan fingerprint density at radius 3 is 2.80 bits per heavy atom. The van der Waals surface area contributed by atoms with Gasteiger partial charge in [-0.3, -0.25) is 0 Å². The second-order valence-electron chi connectivity index (χ2n) is 4.68. The third-order valence-electron chi connectivity index (χ3n) is 3.21. The summed E-state index contributed by atoms with van der Waals surface area (Å²) >= 11 is 6.02. The van der Waals surface area contributed by atoms with Gasteiger partial charge in [0.2, 0.25) is 0 Å². The molecule has 0 spiro atoms. The third kappa shape index (κ3) is 4.28. The highest BCUT2D eigenvalue weighted by molar-refractivity contribution is 6.29. The molecule has 2 heterocycles. The minimum Gasteiger partial charge on any atom is -0.394 e. The zero-order chi connectivity index (χ0) is 14.4. The fraction of sp³-hybridized carbons (Fsp3) is 0.692. The van der Waals surface area contributed by atoms with E-state index in [1.807, 2.05) is 0 Å². The van der Waals surface area contributed by atoms with Crippen molar-refractivity contribution in [3.63, 3.8) is 0 Å². The number of nitrogens with zero attached hydrogens (tertiary/aromatic N) is 3. The molecule has 0 radical (unpaired) electrons. The van der Waals surface area contributed by atoms with Crippen LogP contribution in [0.25, 0.3) is 0 Å². The normalized spacial score (nSPS) is 16.6. The Morgan fingerprint density at radius 1 is 1.40 bits per heavy atom. The lowest BCUT2D eigenvalue weighted by atomic mass is 10.1. The molecule has 1 N–H and O–H groups in total. The van der Waals surface area contributed by atoms with Crippen LogP contribution in [0, 0.1) is 0 Å². The first-order valence-corrected chi connectivity index (χ1v) is 7.10. The molecule has 1 saturated heterocycles. The molecule has 1 aromatic rings. The molecule has 6 nitrogen and oxygen atoms in total. The molecule has 7 heteroatoms. The lowest BCUT2D eigenvalue weighted by Gasteiger charge is -2.32. The molecule has 0 saturated carbocycles. The van der Waals surface area contributed by atoms with Crippen molar-refractivity contribution in [2.75, 3.05) is 38.3 Å². The van der Waals surface area contributed by atoms with Gasteiger partial charge in [0.1, 0.15) is 17.6 Å². The highest BCUT2D eigenvalue weighted by Crippen LogP contribution is 2.22. The quantitative estimate of drug-likeness (QED) is 0.798. The second-order valence-corrected chi connectivity index (χ2v) is 5.07. The Bertz CT molecular complexity index is 425. The fourth-order valence-electron chi connectivity index (χ4n) is 2.28. The predicted octanol–water partition coefficient (Wildman–Crippen LogP) is 1.25. The van der Waals surface area contributed by atoms with Crippen molar-refractivity contribution in [3.05, 3.63) is 17.0 Å². The molecule has 1 aliphatic heterocycles. The number of piperidine rings is 1. The van der Waals surface area contributed by atoms with E-state index in [9.17, 15) is 0 Å². The number of hydrogen-bond acceptors (Lipinski definition) is 6. The molecule has 0 unspecified atom stereocenters. The summed E-state index contributed by atoms with van der Waals surface area (Å²) in [5, 5.41) is 9.19. The summed E-state index contributed by atoms with van der Waals surface area (Å²) in [5.74, 6) is 1.42. The standard InChI is InChI=1S/C13H20ClN3O3/c1-19-9-12-15-11(14)8-13(16-12)17-4-2-10(3-5-17)20-7-6-18/h8,10,18H,2-7,9H2,1H3. The van der Waals surface area contributed by atoms with Crippen molar-refractivity contribution >= 4 is 17.4 Å². The molecule has 0 aliphatic carbocycles. The van der Waals surface area contributed by atoms with Crippen LogP contribution in [0.4, 0.5) is 5.82 Å². The zero-order valence-corrected chi connectivity index (χ0v) is 12.3. The van der Waals surface area contributed by atoms with Crippen LogP contribution in [-0.2, 0) is 16.1 Å². The van der Waals surface area contributed by atoms with Crippen molar-refractivity contribution < 1.29 is 14.6 Å². The number of ether oxygens (including phenoxy) is 2. The molecule has 20 heavy (non-hydrogen) atoms. The SMILES string of the molecule is COCc1nc(Cl)cc(N2CCC(OCCO)CC2)n1. The summed E-state index contributed by atoms with van der Waals surface area (Å²) in [6.07, 6.45) is 2.05. The molecule has 0 aromatic carbocycles. The highest BCUT2D eigenvalue weighted by Gasteiger charge is 2.21. The van der Waals surface area contributed by atoms with Crippen LogP contribution in [-0.4, -0.2) is 54.6 Å². The highest BCUT2D eigenvalue weighted by atomic mass is 35.5. The molecule has 1 aromatic heterocycles. The molecule has 0 bridgehead atoms. The number of hydrogen-bond donors (Lipinski definition) is 1. The summed E-state index contributed by atoms with van der Waals surface area (Å²) in [6.45, 7) is 2.54. The van der Waals surface area contributed by atoms with Crippen LogP contribution in [0.5, 0.6) is 0 Å². The van der Waals surface area contributed by atoms with Gasteiger partial charge in [0, 0.05) is 26.3 Å². The van der Waals surface area contributed by atoms with Gasteiger partial charge in [0.25, 0.3) is 0 Å². The summed E-state index contributed by atoms with van der Waals surface area (Å²) in [4.78, 5) is 10.8. The van der Waals surface area contributed by atoms with E-state index in [0.717, 1.165) is 31.7 Å². The minimum atomic E-state index is 0.0715. The molecular formula is C13H20ClN3O3. The van der Waals surface area contributed by atoms with Crippen molar-refractivity contribution in [2.24, 2.45) is 0 Å². The molecule has 0 amide bonds. The van der Waals surface area contributed by atoms with Crippen LogP contribution < -0.4 is 4.90 Å². The van der Waals surface area contributed by atoms with E-state index in [4.69, 9.17) is 26.2 Å². The number of aliphatic hydroxyl groups excluding tert-OH is 1. The van der Waals surface area contributed by atoms with Crippen LogP contribution in [0.2, 0.25) is 5.15 Å². The fourth-order valence-corrected chi connectivity index (χ4v) is 2.47. The molecule has 2 rings (SSSR count). The second kappa shape index (κ2) is 7.73. The Morgan fingerprint density at radius 2 is 2.15 bits per heavy atom. The average molecular weight is 302 g/mol. The smallest absolute Gasteiger partial charge is 0.158 e. The Balaban J connectivity index is 1.96. The van der Waals surface area contributed by atoms with E-state index < -0.39 is 0 Å². The topological polar surface area (TPSA) is 67.7 Å². The largest absolute Gasteiger partial charge is 0.394 e. The third-order valence-corrected chi connectivity index (χ3v) is 3.41. The lowest BCUT2D eigenvalue weighted by molar-refractivity contribution is 0.0158. The van der Waals surface area contributed by atoms with E-state index in [1.165, 1.54) is 0 Å². The van der Waals surface area contributed by atoms with Gasteiger partial charge in [0.05, 0.1) is 19.3 Å². The van der Waals surface area contributed by atoms with Crippen LogP contribution in [0.15, 0.2) is 6.07 Å². The van der Waals surface area contributed by atoms with E-state index in [1.54, 1.807) is 13.2 Å². The van der Waals surface area contributed by atoms with E-state index in [-0.39, 0.29) is 12.7 Å². The van der Waals surface area contributed by atoms with Gasteiger partial charge in [0.15, 0.2) is 5.82 Å². The first kappa shape index (κ1) is 15.4. The van der Waals surface area contributed by atoms with Gasteiger partial charge in [-0.15, -0.1) is 0 Å². The number of aliphatic hydroxyl groups is 1. The summed E-state index contributed by atoms with van der Waals surface area (Å²) < 4.78 is 10.6. The summed E-state index contributed by atoms with van der Waals surface area (Å²) in [6, 6.07) is 1.77. The Hall–Kier alpha value is -0.950. The first-order chi connectivity index (χ1) is 9.72. The summed E-state index contributed by atoms with van der Waals surface area (Å²) in [5.41, 5.74) is 0. The van der Waals surface area contributed by atoms with Gasteiger partial charge >= 0.3 is 0 Å². The minimum absolute atomic E-state index is 0.0715. The number of anilines is 1. The van der Waals surface area contributed by atoms with Crippen LogP contribution in [0.1, 0.15) is 18.7 Å². The van der Waals surface area contributed by atoms with E-state index in [0.29, 0.717) is 24.2 Å². The van der Waals surface area contributed by atoms with Gasteiger partial charge in [-0.1, -0.05) is 11.6 Å². The van der Waals surface area contributed by atoms with E-state index in [2.05, 4.69) is 14.9 Å². The molecule has 1 fully saturated rings. The predicted molar refractivity (Wildman–Crippen MR) is 76.0 cm³/mol. The van der Waals surface area contributed by atoms with Gasteiger partial charge < -0.3 is 19.5 Å². The lowest BCUT2D eigenvalue weighted by Crippen LogP contribution is -2.38. The van der Waals surface area contributed by atoms with Gasteiger partial charge in [-0.25, -0.2) is 9.97 Å². The first-order valence-electron chi connectivity index (χ1n) is 6.72. The van der Waals surface area contributed by atoms with Crippen LogP contribution >= 0.6 is 11.6 Å². The number of rotatable bonds is 6. The molecule has 0 atom stereocenters. The average Bonchev–Trinajstić information content (AvgIpc) is 2.45. The van der Waals surface area contributed by atoms with Gasteiger partial charge in [-0.2, -0.15) is 0 Å². The van der Waals surface area contributed by atoms with Crippen molar-refractivity contribution in [1.29, 1.82) is 0 Å². The Labute approximate surface area is 123 Å². The number of aromatic nitrogens is 2. The van der Waals surface area contributed by atoms with Crippen LogP contribution in [0.3, 0.4) is 0 Å². The number of methoxy groups -OCH3 is 1. The summed E-state index contributed by atoms with van der Waals surface area (Å²) in [7, 11) is 1.61. The molecule has 1 aliphatic rings. The maximum Gasteiger partial charge on any atom is 0.158 e. The molecule has 112 valence electrons. The maximum atomic E-state index is 8.76. The zero-order valence-electron chi connectivity index (χ0n) is 11.6. The van der Waals surface area contributed by atoms with Gasteiger partial charge in [-0.05, 0) is 12.8 Å². The number of halogens is 1. The van der Waals surface area contributed by atoms with Crippen molar-refractivity contribution in [1.82, 2.24) is 9.97 Å². The van der Waals surface area contributed by atoms with Crippen molar-refractivity contribution in [3.8, 4) is 0 Å². The monoisotopic (exact) mass is 301 g/mol. The van der Waals surface area contributed by atoms with E-state index >= 15 is 0 Å². The molecular weight excluding hydrogens is 282 g/mol. The Kier molecular flexibility index (Phi) is 5.97. The van der Waals surface area contributed by atoms with Crippen molar-refractivity contribution in [2.45, 2.75) is 25.6 Å².